The number of carbonyl (C=O) groups excluding carboxylic acids is 1. The Morgan fingerprint density at radius 2 is 0.639 bits per heavy atom. The maximum atomic E-state index is 13.0. The van der Waals surface area contributed by atoms with E-state index in [1.807, 2.05) is 0 Å². The highest BCUT2D eigenvalue weighted by Crippen LogP contribution is 2.29. The lowest BCUT2D eigenvalue weighted by molar-refractivity contribution is -0.112. The molecule has 119 heavy (non-hydrogen) atoms. The van der Waals surface area contributed by atoms with Crippen LogP contribution in [-0.4, -0.2) is 144 Å². The molecule has 0 aromatic heterocycles. The van der Waals surface area contributed by atoms with Gasteiger partial charge in [0.15, 0.2) is 5.78 Å². The number of aliphatic hydroxyl groups is 3. The molecule has 1 aliphatic rings. The summed E-state index contributed by atoms with van der Waals surface area (Å²) in [4.78, 5) is 11.2. The Labute approximate surface area is 692 Å². The monoisotopic (exact) mass is 1730 g/mol. The van der Waals surface area contributed by atoms with Gasteiger partial charge in [0.05, 0.1) is 45.0 Å². The number of ether oxygens (including phenoxy) is 6. The lowest BCUT2D eigenvalue weighted by Gasteiger charge is -2.18. The lowest BCUT2D eigenvalue weighted by atomic mass is 10.1. The van der Waals surface area contributed by atoms with Crippen molar-refractivity contribution in [2.24, 2.45) is 0 Å². The number of benzene rings is 9. The second kappa shape index (κ2) is 52.6. The molecule has 0 amide bonds. The number of hydrogen-bond donors (Lipinski definition) is 3. The summed E-state index contributed by atoms with van der Waals surface area (Å²) in [6.07, 6.45) is 11.1. The number of halogens is 5. The van der Waals surface area contributed by atoms with E-state index >= 15 is 0 Å². The van der Waals surface area contributed by atoms with Gasteiger partial charge in [-0.25, -0.2) is 22.0 Å². The van der Waals surface area contributed by atoms with Crippen LogP contribution in [0.4, 0.5) is 22.0 Å². The van der Waals surface area contributed by atoms with E-state index in [-0.39, 0.29) is 107 Å². The minimum Gasteiger partial charge on any atom is -0.491 e. The predicted molar refractivity (Wildman–Crippen MR) is 438 cm³/mol. The van der Waals surface area contributed by atoms with Gasteiger partial charge in [0.1, 0.15) is 121 Å². The molecule has 1 saturated heterocycles. The zero-order valence-corrected chi connectivity index (χ0v) is 68.4. The summed E-state index contributed by atoms with van der Waals surface area (Å²) in [7, 11) is -15.7. The van der Waals surface area contributed by atoms with E-state index in [0.29, 0.717) is 86.5 Å². The van der Waals surface area contributed by atoms with E-state index in [2.05, 4.69) is 13.2 Å². The van der Waals surface area contributed by atoms with Crippen LogP contribution < -0.4 is 23.7 Å². The highest BCUT2D eigenvalue weighted by molar-refractivity contribution is 7.87. The van der Waals surface area contributed by atoms with Crippen molar-refractivity contribution in [2.45, 2.75) is 133 Å². The van der Waals surface area contributed by atoms with E-state index < -0.39 is 76.8 Å². The highest BCUT2D eigenvalue weighted by Gasteiger charge is 2.39. The van der Waals surface area contributed by atoms with Crippen LogP contribution in [0.1, 0.15) is 71.1 Å². The molecule has 7 atom stereocenters. The summed E-state index contributed by atoms with van der Waals surface area (Å²) >= 11 is 0. The van der Waals surface area contributed by atoms with Gasteiger partial charge in [-0.1, -0.05) is 103 Å². The van der Waals surface area contributed by atoms with Gasteiger partial charge in [-0.05, 0) is 247 Å². The van der Waals surface area contributed by atoms with Gasteiger partial charge in [-0.2, -0.15) is 33.7 Å². The Kier molecular flexibility index (Phi) is 43.1. The topological polar surface area (TPSA) is 310 Å². The molecule has 0 saturated carbocycles. The van der Waals surface area contributed by atoms with Crippen molar-refractivity contribution in [1.82, 2.24) is 0 Å². The largest absolute Gasteiger partial charge is 0.491 e. The summed E-state index contributed by atoms with van der Waals surface area (Å²) < 4.78 is 218. The molecule has 5 unspecified atom stereocenters. The van der Waals surface area contributed by atoms with Crippen molar-refractivity contribution < 1.29 is 121 Å². The molecule has 0 bridgehead atoms. The van der Waals surface area contributed by atoms with Gasteiger partial charge >= 0.3 is 0 Å². The molecule has 0 spiro atoms. The molecule has 9 aromatic rings. The molecule has 1 heterocycles. The summed E-state index contributed by atoms with van der Waals surface area (Å²) in [6, 6.07) is 59.0. The molecule has 22 nitrogen and oxygen atoms in total. The highest BCUT2D eigenvalue weighted by atomic mass is 32.2. The zero-order chi connectivity index (χ0) is 86.3. The first-order valence-corrected chi connectivity index (χ1v) is 43.2. The van der Waals surface area contributed by atoms with Gasteiger partial charge in [0.25, 0.3) is 40.5 Å². The van der Waals surface area contributed by atoms with Crippen molar-refractivity contribution in [2.75, 3.05) is 46.2 Å². The van der Waals surface area contributed by atoms with Crippen LogP contribution in [0.2, 0.25) is 0 Å². The molecular formula is C88H97F5O22S4. The third-order valence-corrected chi connectivity index (χ3v) is 21.9. The molecule has 0 aliphatic carbocycles. The quantitative estimate of drug-likeness (QED) is 0.0105. The maximum absolute atomic E-state index is 13.0. The average molecular weight is 1730 g/mol. The number of carbonyl (C=O) groups is 1. The zero-order valence-electron chi connectivity index (χ0n) is 65.2. The normalized spacial score (nSPS) is 14.4. The fourth-order valence-corrected chi connectivity index (χ4v) is 14.6. The van der Waals surface area contributed by atoms with Gasteiger partial charge in [-0.15, -0.1) is 13.2 Å². The van der Waals surface area contributed by atoms with Gasteiger partial charge in [0.2, 0.25) is 0 Å². The molecule has 9 aromatic carbocycles. The van der Waals surface area contributed by atoms with E-state index in [9.17, 15) is 65.5 Å². The first-order valence-electron chi connectivity index (χ1n) is 37.5. The Hall–Kier alpha value is -10.3. The predicted octanol–water partition coefficient (Wildman–Crippen LogP) is 16.2. The molecule has 3 N–H and O–H groups in total. The molecule has 0 radical (unpaired) electrons. The number of aliphatic hydroxyl groups excluding tert-OH is 3. The fourth-order valence-electron chi connectivity index (χ4n) is 10.2. The molecular weight excluding hydrogens is 1630 g/mol. The van der Waals surface area contributed by atoms with E-state index in [1.165, 1.54) is 183 Å². The van der Waals surface area contributed by atoms with Crippen LogP contribution in [-0.2, 0) is 66.7 Å². The standard InChI is InChI=1S/C20H21FO5S.C19H21FO6S.C19H21FO5S.C18H19FO4S.C12H15FO2/c1-16(22)7-5-6-8-19(15-25-18-13-11-17(21)12-14-18)26-27(23,24)20-9-3-2-4-10-20;20-14-6-8-15(9-7-14)24-13-16(10-11-18-19(12-21)25-18)26-27(22,23)17-4-2-1-3-5-17;20-16-10-12-17(13-11-16)24-15-18(7-3-2-6-14-21)25-26(22,23)19-8-4-1-5-9-19;1-2-3-7-17(14-22-16-12-10-15(19)11-13-16)23-24(20,21)18-8-5-4-6-9-18;1-2-3-4-11(14)9-15-12-7-5-10(13)6-8-12/h2-5,7,9-14,19H,6,8,15H2,1H3;1-9,16,18-19,21H,10-13H2;1-2,4-6,8-13,18,21H,3,7,14-15H2;2,4-6,8-13,17H,1,3,7,14H2;2,5-8,11,14H,1,3-4,9H2/b7-5+;;6-2+;;/t;16?,18?,19-;;;11-/m.0..1/s1. The van der Waals surface area contributed by atoms with Gasteiger partial charge < -0.3 is 43.7 Å². The molecule has 1 aliphatic heterocycles. The Morgan fingerprint density at radius 1 is 0.370 bits per heavy atom. The van der Waals surface area contributed by atoms with Crippen molar-refractivity contribution in [3.05, 3.63) is 321 Å². The number of epoxide rings is 1. The Balaban J connectivity index is 0.000000233. The van der Waals surface area contributed by atoms with E-state index in [4.69, 9.17) is 55.4 Å². The van der Waals surface area contributed by atoms with E-state index in [0.717, 1.165) is 6.42 Å². The number of rotatable bonds is 45. The number of ketones is 1. The van der Waals surface area contributed by atoms with Gasteiger partial charge in [0, 0.05) is 0 Å². The van der Waals surface area contributed by atoms with Crippen LogP contribution >= 0.6 is 0 Å². The summed E-state index contributed by atoms with van der Waals surface area (Å²) in [5, 5.41) is 27.3. The molecule has 10 rings (SSSR count). The van der Waals surface area contributed by atoms with Crippen molar-refractivity contribution in [1.29, 1.82) is 0 Å². The summed E-state index contributed by atoms with van der Waals surface area (Å²) in [5.74, 6) is 0.331. The first kappa shape index (κ1) is 97.6. The molecule has 640 valence electrons. The molecule has 1 fully saturated rings. The van der Waals surface area contributed by atoms with Crippen LogP contribution in [0.5, 0.6) is 28.7 Å². The lowest BCUT2D eigenvalue weighted by Crippen LogP contribution is -2.26. The third kappa shape index (κ3) is 39.5. The van der Waals surface area contributed by atoms with Gasteiger partial charge in [-0.3, -0.25) is 21.5 Å². The van der Waals surface area contributed by atoms with Crippen LogP contribution in [0.3, 0.4) is 0 Å². The minimum atomic E-state index is -3.96. The fraction of sp³-hybridized carbons (Fsp3) is 0.284. The second-order valence-corrected chi connectivity index (χ2v) is 32.2. The van der Waals surface area contributed by atoms with E-state index in [1.54, 1.807) is 103 Å². The summed E-state index contributed by atoms with van der Waals surface area (Å²) in [5.41, 5.74) is 0. The average Bonchev–Trinajstić information content (AvgIpc) is 1.67. The minimum absolute atomic E-state index is 0.00926. The van der Waals surface area contributed by atoms with Crippen molar-refractivity contribution >= 4 is 46.3 Å². The SMILES string of the molecule is C=CCCC(COc1ccc(F)cc1)OS(=O)(=O)c1ccccc1.C=CCC[C@@H](O)COc1ccc(F)cc1.CC(=O)/C=C/CCC(COc1ccc(F)cc1)OS(=O)(=O)c1ccccc1.O=S(=O)(OC(CC/C=C/CO)COc1ccc(F)cc1)c1ccccc1.O=S(=O)(OC(CCC1O[C@H]1CO)COc1ccc(F)cc1)c1ccccc1. The first-order chi connectivity index (χ1) is 57.1. The summed E-state index contributed by atoms with van der Waals surface area (Å²) in [6.45, 7) is 8.67. The number of hydrogen-bond acceptors (Lipinski definition) is 22. The third-order valence-electron chi connectivity index (χ3n) is 16.4. The molecule has 31 heteroatoms. The van der Waals surface area contributed by atoms with Crippen molar-refractivity contribution in [3.8, 4) is 28.7 Å². The maximum Gasteiger partial charge on any atom is 0.297 e. The van der Waals surface area contributed by atoms with Crippen LogP contribution in [0.15, 0.2) is 312 Å². The number of allylic oxidation sites excluding steroid dienone is 5. The Morgan fingerprint density at radius 3 is 0.908 bits per heavy atom. The van der Waals surface area contributed by atoms with Crippen LogP contribution in [0.25, 0.3) is 0 Å². The Bertz CT molecular complexity index is 4940. The van der Waals surface area contributed by atoms with Crippen LogP contribution in [0, 0.1) is 29.1 Å². The second-order valence-electron chi connectivity index (χ2n) is 25.9. The smallest absolute Gasteiger partial charge is 0.297 e. The van der Waals surface area contributed by atoms with Crippen molar-refractivity contribution in [3.63, 3.8) is 0 Å².